The maximum Gasteiger partial charge on any atom is 0.129 e. The molecule has 0 aromatic carbocycles. The maximum absolute atomic E-state index is 6.03. The van der Waals surface area contributed by atoms with Gasteiger partial charge in [-0.3, -0.25) is 0 Å². The number of nitrogens with one attached hydrogen (secondary N) is 1. The van der Waals surface area contributed by atoms with Crippen molar-refractivity contribution in [2.75, 3.05) is 11.9 Å². The Labute approximate surface area is 104 Å². The fourth-order valence-corrected chi connectivity index (χ4v) is 1.83. The third-order valence-corrected chi connectivity index (χ3v) is 2.57. The largest absolute Gasteiger partial charge is 0.368 e. The van der Waals surface area contributed by atoms with E-state index in [0.29, 0.717) is 5.92 Å². The van der Waals surface area contributed by atoms with Crippen LogP contribution in [0.1, 0.15) is 38.7 Å². The highest BCUT2D eigenvalue weighted by Gasteiger charge is 2.06. The monoisotopic (exact) mass is 236 g/mol. The molecule has 0 amide bonds. The summed E-state index contributed by atoms with van der Waals surface area (Å²) in [5.74, 6) is 2.32. The molecule has 1 aromatic rings. The van der Waals surface area contributed by atoms with Gasteiger partial charge in [-0.05, 0) is 25.7 Å². The predicted molar refractivity (Wildman–Crippen MR) is 72.1 cm³/mol. The molecule has 17 heavy (non-hydrogen) atoms. The second kappa shape index (κ2) is 6.55. The number of nitrogens with two attached hydrogens (primary N) is 1. The predicted octanol–water partition coefficient (Wildman–Crippen LogP) is 2.13. The van der Waals surface area contributed by atoms with E-state index in [2.05, 4.69) is 36.1 Å². The molecule has 1 heterocycles. The minimum Gasteiger partial charge on any atom is -0.368 e. The molecular formula is C13H24N4. The van der Waals surface area contributed by atoms with E-state index in [1.165, 1.54) is 0 Å². The zero-order valence-electron chi connectivity index (χ0n) is 11.3. The average Bonchev–Trinajstić information content (AvgIpc) is 2.24. The topological polar surface area (TPSA) is 63.8 Å². The lowest BCUT2D eigenvalue weighted by atomic mass is 10.0. The molecule has 0 spiro atoms. The van der Waals surface area contributed by atoms with Crippen molar-refractivity contribution in [3.63, 3.8) is 0 Å². The lowest BCUT2D eigenvalue weighted by molar-refractivity contribution is 0.508. The lowest BCUT2D eigenvalue weighted by Crippen LogP contribution is -2.30. The summed E-state index contributed by atoms with van der Waals surface area (Å²) in [5, 5.41) is 3.29. The number of aromatic nitrogens is 2. The van der Waals surface area contributed by atoms with Crippen LogP contribution in [0.4, 0.5) is 5.82 Å². The van der Waals surface area contributed by atoms with Gasteiger partial charge in [-0.25, -0.2) is 9.97 Å². The summed E-state index contributed by atoms with van der Waals surface area (Å²) in [6, 6.07) is 2.17. The summed E-state index contributed by atoms with van der Waals surface area (Å²) >= 11 is 0. The second-order valence-electron chi connectivity index (χ2n) is 4.92. The van der Waals surface area contributed by atoms with E-state index in [0.717, 1.165) is 36.7 Å². The first-order valence-electron chi connectivity index (χ1n) is 6.35. The zero-order valence-corrected chi connectivity index (χ0v) is 11.3. The van der Waals surface area contributed by atoms with Gasteiger partial charge in [0.05, 0.1) is 0 Å². The highest BCUT2D eigenvalue weighted by atomic mass is 15.0. The van der Waals surface area contributed by atoms with Crippen molar-refractivity contribution in [2.24, 2.45) is 11.7 Å². The Bertz CT molecular complexity index is 349. The van der Waals surface area contributed by atoms with E-state index in [9.17, 15) is 0 Å². The van der Waals surface area contributed by atoms with Crippen LogP contribution in [-0.4, -0.2) is 22.6 Å². The van der Waals surface area contributed by atoms with Crippen molar-refractivity contribution in [3.8, 4) is 0 Å². The summed E-state index contributed by atoms with van der Waals surface area (Å²) in [6.07, 6.45) is 1.95. The second-order valence-corrected chi connectivity index (χ2v) is 4.92. The molecule has 96 valence electrons. The first-order chi connectivity index (χ1) is 8.01. The van der Waals surface area contributed by atoms with E-state index in [4.69, 9.17) is 5.73 Å². The van der Waals surface area contributed by atoms with Gasteiger partial charge in [0.2, 0.25) is 0 Å². The third kappa shape index (κ3) is 5.13. The van der Waals surface area contributed by atoms with Crippen molar-refractivity contribution in [1.82, 2.24) is 9.97 Å². The van der Waals surface area contributed by atoms with Crippen molar-refractivity contribution in [2.45, 2.75) is 46.6 Å². The molecule has 3 N–H and O–H groups in total. The van der Waals surface area contributed by atoms with Crippen LogP contribution < -0.4 is 11.1 Å². The molecule has 1 rings (SSSR count). The molecule has 0 aliphatic rings. The van der Waals surface area contributed by atoms with E-state index >= 15 is 0 Å². The Morgan fingerprint density at radius 3 is 2.65 bits per heavy atom. The fraction of sp³-hybridized carbons (Fsp3) is 0.692. The maximum atomic E-state index is 6.03. The molecule has 1 atom stereocenters. The van der Waals surface area contributed by atoms with Gasteiger partial charge in [-0.2, -0.15) is 0 Å². The van der Waals surface area contributed by atoms with Gasteiger partial charge in [0.1, 0.15) is 11.6 Å². The number of hydrogen-bond acceptors (Lipinski definition) is 4. The Hall–Kier alpha value is -1.16. The van der Waals surface area contributed by atoms with Crippen molar-refractivity contribution < 1.29 is 0 Å². The molecule has 0 saturated carbocycles. The molecule has 0 aliphatic heterocycles. The van der Waals surface area contributed by atoms with Crippen molar-refractivity contribution in [3.05, 3.63) is 17.6 Å². The minimum atomic E-state index is 0.176. The molecule has 4 heteroatoms. The number of hydrogen-bond donors (Lipinski definition) is 2. The standard InChI is InChI=1S/C13H24N4/c1-5-12-7-13(17-10(4)16-12)15-8-11(14)6-9(2)3/h7,9,11H,5-6,8,14H2,1-4H3,(H,15,16,17). The Morgan fingerprint density at radius 1 is 1.35 bits per heavy atom. The van der Waals surface area contributed by atoms with Crippen LogP contribution in [0.5, 0.6) is 0 Å². The summed E-state index contributed by atoms with van der Waals surface area (Å²) in [5.41, 5.74) is 7.09. The van der Waals surface area contributed by atoms with Crippen LogP contribution in [0.15, 0.2) is 6.07 Å². The van der Waals surface area contributed by atoms with Crippen LogP contribution in [0, 0.1) is 12.8 Å². The molecule has 0 bridgehead atoms. The van der Waals surface area contributed by atoms with E-state index in [-0.39, 0.29) is 6.04 Å². The van der Waals surface area contributed by atoms with Gasteiger partial charge in [0, 0.05) is 24.3 Å². The molecule has 0 fully saturated rings. The van der Waals surface area contributed by atoms with Gasteiger partial charge in [-0.15, -0.1) is 0 Å². The van der Waals surface area contributed by atoms with Crippen LogP contribution in [0.3, 0.4) is 0 Å². The van der Waals surface area contributed by atoms with Gasteiger partial charge >= 0.3 is 0 Å². The van der Waals surface area contributed by atoms with E-state index < -0.39 is 0 Å². The van der Waals surface area contributed by atoms with Crippen LogP contribution in [0.25, 0.3) is 0 Å². The summed E-state index contributed by atoms with van der Waals surface area (Å²) in [7, 11) is 0. The molecular weight excluding hydrogens is 212 g/mol. The SMILES string of the molecule is CCc1cc(NCC(N)CC(C)C)nc(C)n1. The highest BCUT2D eigenvalue weighted by molar-refractivity contribution is 5.36. The number of rotatable bonds is 6. The molecule has 0 saturated heterocycles. The van der Waals surface area contributed by atoms with E-state index in [1.807, 2.05) is 13.0 Å². The van der Waals surface area contributed by atoms with Crippen LogP contribution in [0.2, 0.25) is 0 Å². The van der Waals surface area contributed by atoms with Crippen LogP contribution >= 0.6 is 0 Å². The van der Waals surface area contributed by atoms with E-state index in [1.54, 1.807) is 0 Å². The van der Waals surface area contributed by atoms with Gasteiger partial charge in [0.15, 0.2) is 0 Å². The molecule has 4 nitrogen and oxygen atoms in total. The first kappa shape index (κ1) is 13.9. The lowest BCUT2D eigenvalue weighted by Gasteiger charge is -2.15. The number of anilines is 1. The van der Waals surface area contributed by atoms with Crippen molar-refractivity contribution in [1.29, 1.82) is 0 Å². The minimum absolute atomic E-state index is 0.176. The normalized spacial score (nSPS) is 12.8. The molecule has 0 radical (unpaired) electrons. The molecule has 0 aliphatic carbocycles. The molecule has 1 unspecified atom stereocenters. The highest BCUT2D eigenvalue weighted by Crippen LogP contribution is 2.08. The summed E-state index contributed by atoms with van der Waals surface area (Å²) in [6.45, 7) is 9.14. The Morgan fingerprint density at radius 2 is 2.06 bits per heavy atom. The van der Waals surface area contributed by atoms with Gasteiger partial charge in [0.25, 0.3) is 0 Å². The van der Waals surface area contributed by atoms with Crippen LogP contribution in [-0.2, 0) is 6.42 Å². The Kier molecular flexibility index (Phi) is 5.35. The van der Waals surface area contributed by atoms with Gasteiger partial charge < -0.3 is 11.1 Å². The smallest absolute Gasteiger partial charge is 0.129 e. The first-order valence-corrected chi connectivity index (χ1v) is 6.35. The summed E-state index contributed by atoms with van der Waals surface area (Å²) in [4.78, 5) is 8.70. The quantitative estimate of drug-likeness (QED) is 0.794. The van der Waals surface area contributed by atoms with Crippen molar-refractivity contribution >= 4 is 5.82 Å². The zero-order chi connectivity index (χ0) is 12.8. The fourth-order valence-electron chi connectivity index (χ4n) is 1.83. The third-order valence-electron chi connectivity index (χ3n) is 2.57. The van der Waals surface area contributed by atoms with Gasteiger partial charge in [-0.1, -0.05) is 20.8 Å². The number of nitrogens with zero attached hydrogens (tertiary/aromatic N) is 2. The number of aryl methyl sites for hydroxylation is 2. The molecule has 1 aromatic heterocycles. The Balaban J connectivity index is 2.54. The average molecular weight is 236 g/mol. The summed E-state index contributed by atoms with van der Waals surface area (Å²) < 4.78 is 0.